The number of fused-ring (bicyclic) bond motifs is 3. The Morgan fingerprint density at radius 2 is 0.770 bits per heavy atom. The average Bonchev–Trinajstić information content (AvgIpc) is 0.737. The molecule has 8 aromatic heterocycles. The van der Waals surface area contributed by atoms with Gasteiger partial charge >= 0.3 is 17.1 Å². The van der Waals surface area contributed by atoms with Crippen molar-refractivity contribution in [3.05, 3.63) is 252 Å². The molecule has 0 spiro atoms. The van der Waals surface area contributed by atoms with Crippen LogP contribution in [0.3, 0.4) is 0 Å². The van der Waals surface area contributed by atoms with Gasteiger partial charge in [-0.15, -0.1) is 0 Å². The molecule has 35 heteroatoms. The number of aromatic nitrogens is 12. The molecule has 0 N–H and O–H groups in total. The number of rotatable bonds is 21. The van der Waals surface area contributed by atoms with Crippen LogP contribution in [-0.2, 0) is 35.0 Å². The summed E-state index contributed by atoms with van der Waals surface area (Å²) in [7, 11) is -5.04. The molecule has 27 nitrogen and oxygen atoms in total. The quantitative estimate of drug-likeness (QED) is 0.0477. The highest BCUT2D eigenvalue weighted by atomic mass is 35.5. The number of nitrogens with zero attached hydrogens (tertiary/aromatic N) is 18. The highest BCUT2D eigenvalue weighted by molar-refractivity contribution is 7.91. The van der Waals surface area contributed by atoms with Crippen molar-refractivity contribution in [2.75, 3.05) is 66.0 Å². The van der Waals surface area contributed by atoms with Crippen LogP contribution in [0.4, 0.5) is 30.6 Å². The van der Waals surface area contributed by atoms with Gasteiger partial charge in [0.15, 0.2) is 16.9 Å². The van der Waals surface area contributed by atoms with E-state index in [4.69, 9.17) is 49.8 Å². The third-order valence-corrected chi connectivity index (χ3v) is 28.0. The number of pyridine rings is 4. The molecule has 15 rings (SSSR count). The summed E-state index contributed by atoms with van der Waals surface area (Å²) in [5.41, 5.74) is 4.65. The second-order valence-electron chi connectivity index (χ2n) is 35.9. The highest BCUT2D eigenvalue weighted by Gasteiger charge is 2.40. The van der Waals surface area contributed by atoms with Crippen molar-refractivity contribution in [1.29, 1.82) is 0 Å². The lowest BCUT2D eigenvalue weighted by atomic mass is 9.95. The Kier molecular flexibility index (Phi) is 30.5. The zero-order valence-corrected chi connectivity index (χ0v) is 82.6. The Labute approximate surface area is 800 Å². The summed E-state index contributed by atoms with van der Waals surface area (Å²) >= 11 is 20.5. The maximum atomic E-state index is 15.2. The fraction of sp³-hybridized carbons (Fsp3) is 0.370. The average molecular weight is 1940 g/mol. The van der Waals surface area contributed by atoms with Crippen molar-refractivity contribution >= 4 is 124 Å². The van der Waals surface area contributed by atoms with Crippen LogP contribution in [0.2, 0.25) is 15.1 Å². The molecule has 3 aliphatic heterocycles. The standard InChI is InChI=1S/C35H41ClFN7O4S.C33H36ClFN6O2.C32H33ClFN5O3S/c1-9-15-49(47,48)34-39-28(19(3)4)31(29(40-34)20(5)6)44-33-24(16-25(36)30(38-33)23-13-11-12-14-26(23)37)32(41-35(44)46)43-18-21(7)42(17-22(43)8)27(45)10-2;1-8-28(42)39-16-21(7)40(17-20(39)6)31-23-13-26(34)29(22-11-9-10-12-27(22)35)37-32(23)41(33(43)38-31)30-24(18(2)3)14-36-15-25(30)19(4)5;1-7-28(40)37-16-20(5)38(17-19(37)4)30-24-15-25(33)29(22-10-8-9-11-26(22)34)35-31(24)39(32(41)36-30)27-13-12-21(43(6)42)14-23(27)18(2)3/h10-14,16,19-22H,2,9,15,17-18H2,1,3-8H3;8-15,18-21H,1,16-17H2,2-7H3;7-15,18-20H,1,16-17H2,2-6H3/t;;19?,20?,43-/m..0/s1. The summed E-state index contributed by atoms with van der Waals surface area (Å²) in [6.07, 6.45) is 9.42. The van der Waals surface area contributed by atoms with E-state index in [0.29, 0.717) is 113 Å². The number of anilines is 3. The van der Waals surface area contributed by atoms with E-state index in [-0.39, 0.29) is 160 Å². The van der Waals surface area contributed by atoms with Crippen LogP contribution < -0.4 is 31.8 Å². The number of hydrogen-bond donors (Lipinski definition) is 0. The normalized spacial score (nSPS) is 17.3. The number of amides is 3. The van der Waals surface area contributed by atoms with Crippen molar-refractivity contribution in [3.63, 3.8) is 0 Å². The van der Waals surface area contributed by atoms with Crippen molar-refractivity contribution in [2.24, 2.45) is 0 Å². The van der Waals surface area contributed by atoms with E-state index < -0.39 is 55.2 Å². The lowest BCUT2D eigenvalue weighted by Gasteiger charge is -2.44. The number of sulfone groups is 1. The van der Waals surface area contributed by atoms with E-state index in [9.17, 15) is 45.8 Å². The van der Waals surface area contributed by atoms with E-state index in [0.717, 1.165) is 16.7 Å². The van der Waals surface area contributed by atoms with Crippen LogP contribution >= 0.6 is 34.8 Å². The molecular formula is C100H110Cl3F3N18O9S2. The summed E-state index contributed by atoms with van der Waals surface area (Å²) in [6, 6.07) is 27.6. The largest absolute Gasteiger partial charge is 0.355 e. The number of hydrogen-bond acceptors (Lipinski definition) is 21. The van der Waals surface area contributed by atoms with Crippen LogP contribution in [-0.4, -0.2) is 191 Å². The van der Waals surface area contributed by atoms with Gasteiger partial charge in [0.2, 0.25) is 32.7 Å². The molecule has 4 aromatic carbocycles. The van der Waals surface area contributed by atoms with Gasteiger partial charge in [0.1, 0.15) is 34.9 Å². The van der Waals surface area contributed by atoms with Crippen LogP contribution in [0.5, 0.6) is 0 Å². The topological polar surface area (TPSA) is 304 Å². The van der Waals surface area contributed by atoms with E-state index in [2.05, 4.69) is 49.6 Å². The second kappa shape index (κ2) is 41.1. The molecule has 3 fully saturated rings. The third-order valence-electron chi connectivity index (χ3n) is 24.6. The van der Waals surface area contributed by atoms with Gasteiger partial charge in [-0.25, -0.2) is 74.6 Å². The molecule has 12 aromatic rings. The molecule has 708 valence electrons. The second-order valence-corrected chi connectivity index (χ2v) is 40.5. The summed E-state index contributed by atoms with van der Waals surface area (Å²) in [5.74, 6) is -1.70. The molecule has 0 aliphatic carbocycles. The monoisotopic (exact) mass is 1930 g/mol. The van der Waals surface area contributed by atoms with Crippen molar-refractivity contribution in [2.45, 2.75) is 200 Å². The van der Waals surface area contributed by atoms with E-state index >= 15 is 8.78 Å². The molecule has 3 amide bonds. The van der Waals surface area contributed by atoms with Gasteiger partial charge in [-0.05, 0) is 185 Å². The Balaban J connectivity index is 0.000000172. The Morgan fingerprint density at radius 1 is 0.444 bits per heavy atom. The first-order valence-electron chi connectivity index (χ1n) is 44.8. The lowest BCUT2D eigenvalue weighted by molar-refractivity contribution is -0.129. The first-order chi connectivity index (χ1) is 64.0. The number of halogens is 6. The van der Waals surface area contributed by atoms with Crippen LogP contribution in [0.25, 0.3) is 83.9 Å². The van der Waals surface area contributed by atoms with Gasteiger partial charge < -0.3 is 29.4 Å². The molecule has 0 saturated carbocycles. The predicted octanol–water partition coefficient (Wildman–Crippen LogP) is 18.3. The van der Waals surface area contributed by atoms with Crippen LogP contribution in [0.15, 0.2) is 184 Å². The van der Waals surface area contributed by atoms with Gasteiger partial charge in [0.25, 0.3) is 0 Å². The molecule has 0 radical (unpaired) electrons. The Bertz CT molecular complexity index is 7000. The van der Waals surface area contributed by atoms with Gasteiger partial charge in [0, 0.05) is 127 Å². The van der Waals surface area contributed by atoms with Crippen molar-refractivity contribution in [3.8, 4) is 50.8 Å². The van der Waals surface area contributed by atoms with Gasteiger partial charge in [-0.2, -0.15) is 15.0 Å². The number of benzene rings is 4. The van der Waals surface area contributed by atoms with E-state index in [1.807, 2.05) is 132 Å². The van der Waals surface area contributed by atoms with Crippen molar-refractivity contribution < 1.29 is 40.2 Å². The molecule has 6 unspecified atom stereocenters. The van der Waals surface area contributed by atoms with Crippen LogP contribution in [0.1, 0.15) is 182 Å². The maximum Gasteiger partial charge on any atom is 0.355 e. The maximum absolute atomic E-state index is 15.2. The summed E-state index contributed by atoms with van der Waals surface area (Å²) in [4.78, 5) is 134. The molecule has 7 atom stereocenters. The molecule has 3 aliphatic rings. The van der Waals surface area contributed by atoms with Gasteiger partial charge in [0.05, 0.1) is 82.5 Å². The minimum atomic E-state index is -3.81. The number of piperazine rings is 3. The summed E-state index contributed by atoms with van der Waals surface area (Å²) in [5, 5.41) is 1.73. The van der Waals surface area contributed by atoms with E-state index in [1.54, 1.807) is 125 Å². The summed E-state index contributed by atoms with van der Waals surface area (Å²) < 4.78 is 88.3. The smallest absolute Gasteiger partial charge is 0.349 e. The molecule has 135 heavy (non-hydrogen) atoms. The lowest BCUT2D eigenvalue weighted by Crippen LogP contribution is -2.58. The first-order valence-corrected chi connectivity index (χ1v) is 49.2. The van der Waals surface area contributed by atoms with Gasteiger partial charge in [-0.1, -0.05) is 167 Å². The SMILES string of the molecule is C=CC(=O)N1CC(C)N(c2nc(=O)n(-c3c(C(C)C)cncc3C(C)C)c3nc(-c4ccccc4F)c(Cl)cc23)CC1C.C=CC(=O)N1CC(C)N(c2nc(=O)n(-c3c(C(C)C)nc(S(=O)(=O)CCC)nc3C(C)C)c3nc(-c4ccccc4F)c(Cl)cc23)CC1C.C=CC(=O)N1CC(C)N(c2nc(=O)n(-c3ccc([S@](C)=O)cc3C(C)C)c3nc(-c4ccccc4F)c(Cl)cc23)CC1C. The number of carbonyl (C=O) groups excluding carboxylic acids is 3. The summed E-state index contributed by atoms with van der Waals surface area (Å²) in [6.45, 7) is 46.2. The molecular weight excluding hydrogens is 1820 g/mol. The first kappa shape index (κ1) is 100. The Morgan fingerprint density at radius 3 is 1.08 bits per heavy atom. The van der Waals surface area contributed by atoms with Crippen molar-refractivity contribution in [1.82, 2.24) is 73.3 Å². The minimum Gasteiger partial charge on any atom is -0.349 e. The number of carbonyl (C=O) groups is 3. The highest BCUT2D eigenvalue weighted by Crippen LogP contribution is 2.44. The fourth-order valence-corrected chi connectivity index (χ4v) is 20.1. The molecule has 11 heterocycles. The zero-order chi connectivity index (χ0) is 98.3. The zero-order valence-electron chi connectivity index (χ0n) is 78.7. The fourth-order valence-electron chi connectivity index (χ4n) is 17.6. The van der Waals surface area contributed by atoms with Crippen LogP contribution in [0, 0.1) is 17.5 Å². The molecule has 3 saturated heterocycles. The van der Waals surface area contributed by atoms with Gasteiger partial charge in [-0.3, -0.25) is 23.6 Å². The minimum absolute atomic E-state index is 0.0326. The predicted molar refractivity (Wildman–Crippen MR) is 530 cm³/mol. The van der Waals surface area contributed by atoms with E-state index in [1.165, 1.54) is 50.1 Å². The Hall–Kier alpha value is -12.2. The molecule has 0 bridgehead atoms. The third kappa shape index (κ3) is 20.0.